The lowest BCUT2D eigenvalue weighted by molar-refractivity contribution is 1.23. The fourth-order valence-corrected chi connectivity index (χ4v) is 1.40. The van der Waals surface area contributed by atoms with Crippen LogP contribution in [0.25, 0.3) is 10.9 Å². The van der Waals surface area contributed by atoms with E-state index in [4.69, 9.17) is 0 Å². The second-order valence-electron chi connectivity index (χ2n) is 3.19. The van der Waals surface area contributed by atoms with Crippen LogP contribution >= 0.6 is 12.4 Å². The van der Waals surface area contributed by atoms with Crippen molar-refractivity contribution in [3.8, 4) is 11.8 Å². The Morgan fingerprint density at radius 1 is 1.29 bits per heavy atom. The first-order valence-corrected chi connectivity index (χ1v) is 4.67. The Labute approximate surface area is 103 Å². The van der Waals surface area contributed by atoms with E-state index in [-0.39, 0.29) is 12.4 Å². The maximum Gasteiger partial charge on any atom is 0.279 e. The van der Waals surface area contributed by atoms with Gasteiger partial charge in [0.15, 0.2) is 0 Å². The summed E-state index contributed by atoms with van der Waals surface area (Å²) >= 11 is 0. The smallest absolute Gasteiger partial charge is 0.279 e. The predicted octanol–water partition coefficient (Wildman–Crippen LogP) is 1.08. The number of fused-ring (bicyclic) bond motifs is 1. The normalized spacial score (nSPS) is 9.00. The number of aromatic nitrogens is 2. The molecule has 0 fully saturated rings. The van der Waals surface area contributed by atoms with E-state index in [2.05, 4.69) is 21.8 Å². The van der Waals surface area contributed by atoms with E-state index in [1.54, 1.807) is 25.1 Å². The molecule has 4 nitrogen and oxygen atoms in total. The summed E-state index contributed by atoms with van der Waals surface area (Å²) in [6.07, 6.45) is 0.980. The van der Waals surface area contributed by atoms with Crippen LogP contribution in [0.3, 0.4) is 0 Å². The van der Waals surface area contributed by atoms with Crippen LogP contribution in [0.15, 0.2) is 34.0 Å². The first-order chi connectivity index (χ1) is 7.70. The van der Waals surface area contributed by atoms with Crippen LogP contribution in [0.1, 0.15) is 12.5 Å². The number of nitrogens with one attached hydrogen (secondary N) is 1. The minimum Gasteiger partial charge on any atom is -0.320 e. The zero-order valence-corrected chi connectivity index (χ0v) is 9.80. The molecule has 0 amide bonds. The van der Waals surface area contributed by atoms with Crippen molar-refractivity contribution in [2.24, 2.45) is 0 Å². The van der Waals surface area contributed by atoms with Gasteiger partial charge in [0.2, 0.25) is 0 Å². The first-order valence-electron chi connectivity index (χ1n) is 4.67. The number of halogens is 1. The highest BCUT2D eigenvalue weighted by Gasteiger charge is 1.99. The molecule has 0 unspecified atom stereocenters. The number of hydrogen-bond donors (Lipinski definition) is 1. The monoisotopic (exact) mass is 248 g/mol. The lowest BCUT2D eigenvalue weighted by Gasteiger charge is -1.92. The van der Waals surface area contributed by atoms with Crippen LogP contribution in [-0.2, 0) is 0 Å². The van der Waals surface area contributed by atoms with Crippen LogP contribution in [0.2, 0.25) is 0 Å². The van der Waals surface area contributed by atoms with Gasteiger partial charge in [-0.25, -0.2) is 4.98 Å². The molecule has 0 bridgehead atoms. The molecule has 1 aromatic carbocycles. The second-order valence-corrected chi connectivity index (χ2v) is 3.19. The predicted molar refractivity (Wildman–Crippen MR) is 68.4 cm³/mol. The minimum absolute atomic E-state index is 0. The van der Waals surface area contributed by atoms with Crippen LogP contribution in [0, 0.1) is 11.8 Å². The molecule has 2 aromatic rings. The van der Waals surface area contributed by atoms with Crippen molar-refractivity contribution in [1.82, 2.24) is 9.97 Å². The molecule has 0 aliphatic rings. The standard InChI is InChI=1S/C12H8N2O2.ClH/c1-2-3-8-4-5-10-9(6-8)12(16)13-7-11(15)14-10;/h4-7H,1H3,(H,14,15);1H. The molecule has 0 saturated carbocycles. The number of aromatic amines is 1. The molecule has 17 heavy (non-hydrogen) atoms. The third kappa shape index (κ3) is 2.71. The molecular weight excluding hydrogens is 240 g/mol. The second kappa shape index (κ2) is 5.28. The zero-order valence-electron chi connectivity index (χ0n) is 8.98. The highest BCUT2D eigenvalue weighted by molar-refractivity contribution is 5.85. The molecule has 0 radical (unpaired) electrons. The van der Waals surface area contributed by atoms with E-state index in [0.29, 0.717) is 10.9 Å². The van der Waals surface area contributed by atoms with E-state index in [9.17, 15) is 9.59 Å². The summed E-state index contributed by atoms with van der Waals surface area (Å²) in [7, 11) is 0. The van der Waals surface area contributed by atoms with Crippen molar-refractivity contribution in [3.63, 3.8) is 0 Å². The number of nitrogens with zero attached hydrogens (tertiary/aromatic N) is 1. The molecule has 86 valence electrons. The maximum atomic E-state index is 11.6. The van der Waals surface area contributed by atoms with Gasteiger partial charge in [0.1, 0.15) is 0 Å². The third-order valence-corrected chi connectivity index (χ3v) is 2.08. The van der Waals surface area contributed by atoms with Gasteiger partial charge in [-0.1, -0.05) is 5.92 Å². The van der Waals surface area contributed by atoms with E-state index >= 15 is 0 Å². The Bertz CT molecular complexity index is 726. The molecule has 0 aliphatic heterocycles. The molecule has 0 atom stereocenters. The largest absolute Gasteiger partial charge is 0.320 e. The average Bonchev–Trinajstić information content (AvgIpc) is 2.40. The first kappa shape index (κ1) is 12.9. The van der Waals surface area contributed by atoms with Gasteiger partial charge < -0.3 is 4.98 Å². The van der Waals surface area contributed by atoms with Crippen LogP contribution in [0.4, 0.5) is 0 Å². The maximum absolute atomic E-state index is 11.6. The summed E-state index contributed by atoms with van der Waals surface area (Å²) in [6, 6.07) is 5.02. The molecular formula is C12H9ClN2O2. The summed E-state index contributed by atoms with van der Waals surface area (Å²) in [5.41, 5.74) is 0.352. The Hall–Kier alpha value is -2.12. The molecule has 5 heteroatoms. The SMILES string of the molecule is CC#Cc1ccc2[nH]c(=O)cnc(=O)c2c1.Cl. The summed E-state index contributed by atoms with van der Waals surface area (Å²) in [5.74, 6) is 5.59. The van der Waals surface area contributed by atoms with Crippen LogP contribution in [0.5, 0.6) is 0 Å². The van der Waals surface area contributed by atoms with E-state index in [0.717, 1.165) is 11.8 Å². The Balaban J connectivity index is 0.00000144. The lowest BCUT2D eigenvalue weighted by atomic mass is 10.1. The van der Waals surface area contributed by atoms with Crippen molar-refractivity contribution in [1.29, 1.82) is 0 Å². The van der Waals surface area contributed by atoms with Crippen molar-refractivity contribution in [3.05, 3.63) is 50.7 Å². The summed E-state index contributed by atoms with van der Waals surface area (Å²) < 4.78 is 0. The highest BCUT2D eigenvalue weighted by atomic mass is 35.5. The molecule has 0 spiro atoms. The van der Waals surface area contributed by atoms with Gasteiger partial charge >= 0.3 is 0 Å². The topological polar surface area (TPSA) is 62.8 Å². The number of benzene rings is 1. The Morgan fingerprint density at radius 3 is 2.76 bits per heavy atom. The zero-order chi connectivity index (χ0) is 11.5. The van der Waals surface area contributed by atoms with Gasteiger partial charge in [0, 0.05) is 5.56 Å². The van der Waals surface area contributed by atoms with Gasteiger partial charge in [-0.15, -0.1) is 18.3 Å². The average molecular weight is 249 g/mol. The molecule has 1 heterocycles. The minimum atomic E-state index is -0.437. The fourth-order valence-electron chi connectivity index (χ4n) is 1.40. The van der Waals surface area contributed by atoms with Crippen LogP contribution in [-0.4, -0.2) is 9.97 Å². The lowest BCUT2D eigenvalue weighted by Crippen LogP contribution is -2.02. The van der Waals surface area contributed by atoms with Crippen molar-refractivity contribution in [2.45, 2.75) is 6.92 Å². The summed E-state index contributed by atoms with van der Waals surface area (Å²) in [6.45, 7) is 1.72. The van der Waals surface area contributed by atoms with Gasteiger partial charge in [-0.2, -0.15) is 0 Å². The van der Waals surface area contributed by atoms with Crippen molar-refractivity contribution in [2.75, 3.05) is 0 Å². The number of hydrogen-bond acceptors (Lipinski definition) is 3. The quantitative estimate of drug-likeness (QED) is 0.710. The van der Waals surface area contributed by atoms with Gasteiger partial charge in [0.05, 0.1) is 17.1 Å². The van der Waals surface area contributed by atoms with E-state index in [1.807, 2.05) is 0 Å². The highest BCUT2D eigenvalue weighted by Crippen LogP contribution is 2.07. The molecule has 0 aliphatic carbocycles. The third-order valence-electron chi connectivity index (χ3n) is 2.08. The molecule has 0 saturated heterocycles. The molecule has 2 rings (SSSR count). The van der Waals surface area contributed by atoms with E-state index < -0.39 is 11.1 Å². The summed E-state index contributed by atoms with van der Waals surface area (Å²) in [4.78, 5) is 28.8. The van der Waals surface area contributed by atoms with Crippen LogP contribution < -0.4 is 11.1 Å². The molecule has 1 aromatic heterocycles. The van der Waals surface area contributed by atoms with Gasteiger partial charge in [-0.05, 0) is 25.1 Å². The molecule has 1 N–H and O–H groups in total. The van der Waals surface area contributed by atoms with Crippen molar-refractivity contribution < 1.29 is 0 Å². The summed E-state index contributed by atoms with van der Waals surface area (Å²) in [5, 5.41) is 0.363. The van der Waals surface area contributed by atoms with E-state index in [1.165, 1.54) is 0 Å². The van der Waals surface area contributed by atoms with Gasteiger partial charge in [-0.3, -0.25) is 9.59 Å². The Morgan fingerprint density at radius 2 is 2.06 bits per heavy atom. The van der Waals surface area contributed by atoms with Gasteiger partial charge in [0.25, 0.3) is 11.1 Å². The number of H-pyrrole nitrogens is 1. The van der Waals surface area contributed by atoms with Crippen molar-refractivity contribution >= 4 is 23.3 Å². The fraction of sp³-hybridized carbons (Fsp3) is 0.0833. The number of rotatable bonds is 0. The Kier molecular flexibility index (Phi) is 4.02.